The van der Waals surface area contributed by atoms with E-state index in [1.165, 1.54) is 0 Å². The number of carbonyl (C=O) groups excluding carboxylic acids is 2. The number of rotatable bonds is 3. The number of furan rings is 1. The molecule has 6 nitrogen and oxygen atoms in total. The van der Waals surface area contributed by atoms with Crippen molar-refractivity contribution in [1.29, 1.82) is 0 Å². The van der Waals surface area contributed by atoms with Gasteiger partial charge in [-0.05, 0) is 55.4 Å². The lowest BCUT2D eigenvalue weighted by Crippen LogP contribution is -2.70. The van der Waals surface area contributed by atoms with E-state index in [4.69, 9.17) is 4.42 Å². The average molecular weight is 379 g/mol. The minimum atomic E-state index is -0.462. The van der Waals surface area contributed by atoms with Gasteiger partial charge in [0.15, 0.2) is 0 Å². The molecule has 28 heavy (non-hydrogen) atoms. The normalized spacial score (nSPS) is 33.1. The standard InChI is InChI=1S/C22H25N3O3/c1-21-9-8-14(11-17(21)20(27)23-12-15-5-4-10-28-15)22(13-21)24-18-7-3-2-6-16(18)19(26)25-22/h2-7,10,14,17,24H,8-9,11-13H2,1H3,(H,23,27)(H,25,26)/t14-,17-,21-,22-/m0/s1. The Bertz CT molecular complexity index is 925. The molecule has 2 heterocycles. The fourth-order valence-electron chi connectivity index (χ4n) is 5.56. The van der Waals surface area contributed by atoms with Crippen molar-refractivity contribution < 1.29 is 14.0 Å². The highest BCUT2D eigenvalue weighted by Crippen LogP contribution is 2.58. The van der Waals surface area contributed by atoms with Crippen molar-refractivity contribution in [2.45, 2.75) is 44.8 Å². The predicted molar refractivity (Wildman–Crippen MR) is 104 cm³/mol. The van der Waals surface area contributed by atoms with Gasteiger partial charge in [0.05, 0.1) is 18.4 Å². The summed E-state index contributed by atoms with van der Waals surface area (Å²) < 4.78 is 5.32. The summed E-state index contributed by atoms with van der Waals surface area (Å²) in [6.07, 6.45) is 5.15. The summed E-state index contributed by atoms with van der Waals surface area (Å²) in [5.74, 6) is 0.993. The van der Waals surface area contributed by atoms with Gasteiger partial charge in [-0.2, -0.15) is 0 Å². The van der Waals surface area contributed by atoms with E-state index >= 15 is 0 Å². The molecular weight excluding hydrogens is 354 g/mol. The maximum Gasteiger partial charge on any atom is 0.255 e. The van der Waals surface area contributed by atoms with Crippen LogP contribution in [0.3, 0.4) is 0 Å². The summed E-state index contributed by atoms with van der Waals surface area (Å²) in [6, 6.07) is 11.3. The zero-order valence-corrected chi connectivity index (χ0v) is 16.0. The quantitative estimate of drug-likeness (QED) is 0.764. The summed E-state index contributed by atoms with van der Waals surface area (Å²) in [7, 11) is 0. The predicted octanol–water partition coefficient (Wildman–Crippen LogP) is 3.27. The Morgan fingerprint density at radius 1 is 1.25 bits per heavy atom. The van der Waals surface area contributed by atoms with Gasteiger partial charge in [-0.15, -0.1) is 0 Å². The van der Waals surface area contributed by atoms with E-state index < -0.39 is 5.66 Å². The van der Waals surface area contributed by atoms with E-state index in [1.807, 2.05) is 36.4 Å². The zero-order chi connectivity index (χ0) is 19.4. The van der Waals surface area contributed by atoms with Crippen LogP contribution in [-0.2, 0) is 11.3 Å². The van der Waals surface area contributed by atoms with Gasteiger partial charge in [0.2, 0.25) is 5.91 Å². The summed E-state index contributed by atoms with van der Waals surface area (Å²) >= 11 is 0. The molecule has 2 amide bonds. The van der Waals surface area contributed by atoms with Crippen LogP contribution >= 0.6 is 0 Å². The molecule has 3 saturated carbocycles. The molecule has 1 spiro atoms. The van der Waals surface area contributed by atoms with Crippen molar-refractivity contribution in [2.24, 2.45) is 17.3 Å². The number of anilines is 1. The third-order valence-corrected chi connectivity index (χ3v) is 7.00. The van der Waals surface area contributed by atoms with Gasteiger partial charge < -0.3 is 20.4 Å². The van der Waals surface area contributed by atoms with Crippen molar-refractivity contribution >= 4 is 17.5 Å². The molecule has 3 N–H and O–H groups in total. The van der Waals surface area contributed by atoms with Crippen LogP contribution < -0.4 is 16.0 Å². The molecule has 0 saturated heterocycles. The molecule has 4 aliphatic rings. The Balaban J connectivity index is 1.37. The molecule has 3 fully saturated rings. The van der Waals surface area contributed by atoms with Gasteiger partial charge in [0.1, 0.15) is 11.4 Å². The monoisotopic (exact) mass is 379 g/mol. The van der Waals surface area contributed by atoms with Crippen molar-refractivity contribution in [1.82, 2.24) is 10.6 Å². The first kappa shape index (κ1) is 17.3. The fourth-order valence-corrected chi connectivity index (χ4v) is 5.56. The Kier molecular flexibility index (Phi) is 3.79. The van der Waals surface area contributed by atoms with Crippen LogP contribution in [-0.4, -0.2) is 17.5 Å². The van der Waals surface area contributed by atoms with Crippen LogP contribution in [0.2, 0.25) is 0 Å². The SMILES string of the molecule is C[C@@]12CC[C@@H](C[C@H]1C(=O)NCc1ccco1)[C@]1(C2)NC(=O)c2ccccc2N1. The van der Waals surface area contributed by atoms with Gasteiger partial charge in [0.25, 0.3) is 5.91 Å². The van der Waals surface area contributed by atoms with Gasteiger partial charge in [-0.3, -0.25) is 9.59 Å². The molecule has 0 radical (unpaired) electrons. The van der Waals surface area contributed by atoms with Crippen LogP contribution in [0.15, 0.2) is 47.1 Å². The first-order chi connectivity index (χ1) is 13.5. The largest absolute Gasteiger partial charge is 0.467 e. The maximum absolute atomic E-state index is 13.0. The third kappa shape index (κ3) is 2.62. The lowest BCUT2D eigenvalue weighted by Gasteiger charge is -2.60. The minimum absolute atomic E-state index is 0.0238. The lowest BCUT2D eigenvalue weighted by molar-refractivity contribution is -0.139. The van der Waals surface area contributed by atoms with Crippen molar-refractivity contribution in [3.05, 3.63) is 54.0 Å². The van der Waals surface area contributed by atoms with E-state index in [2.05, 4.69) is 22.9 Å². The molecule has 1 aliphatic heterocycles. The van der Waals surface area contributed by atoms with Crippen LogP contribution in [0.4, 0.5) is 5.69 Å². The number of para-hydroxylation sites is 1. The highest BCUT2D eigenvalue weighted by molar-refractivity contribution is 6.02. The van der Waals surface area contributed by atoms with Crippen LogP contribution in [0.5, 0.6) is 0 Å². The second-order valence-corrected chi connectivity index (χ2v) is 8.75. The van der Waals surface area contributed by atoms with Gasteiger partial charge in [-0.25, -0.2) is 0 Å². The summed E-state index contributed by atoms with van der Waals surface area (Å²) in [4.78, 5) is 25.7. The van der Waals surface area contributed by atoms with Gasteiger partial charge in [-0.1, -0.05) is 19.1 Å². The van der Waals surface area contributed by atoms with Crippen LogP contribution in [0, 0.1) is 17.3 Å². The maximum atomic E-state index is 13.0. The molecule has 2 bridgehead atoms. The van der Waals surface area contributed by atoms with Gasteiger partial charge in [0, 0.05) is 17.5 Å². The average Bonchev–Trinajstić information content (AvgIpc) is 3.19. The minimum Gasteiger partial charge on any atom is -0.467 e. The molecule has 6 heteroatoms. The molecule has 3 aliphatic carbocycles. The first-order valence-corrected chi connectivity index (χ1v) is 9.99. The van der Waals surface area contributed by atoms with Crippen LogP contribution in [0.1, 0.15) is 48.7 Å². The Hall–Kier alpha value is -2.76. The molecule has 4 atom stereocenters. The molecule has 1 aromatic heterocycles. The van der Waals surface area contributed by atoms with Crippen molar-refractivity contribution in [2.75, 3.05) is 5.32 Å². The molecule has 6 rings (SSSR count). The molecule has 146 valence electrons. The summed E-state index contributed by atoms with van der Waals surface area (Å²) in [5, 5.41) is 9.94. The second kappa shape index (κ2) is 6.12. The topological polar surface area (TPSA) is 83.4 Å². The Labute approximate surface area is 164 Å². The number of hydrogen-bond acceptors (Lipinski definition) is 4. The van der Waals surface area contributed by atoms with E-state index in [0.717, 1.165) is 37.1 Å². The van der Waals surface area contributed by atoms with Crippen molar-refractivity contribution in [3.63, 3.8) is 0 Å². The van der Waals surface area contributed by atoms with E-state index in [-0.39, 0.29) is 29.1 Å². The number of carbonyl (C=O) groups is 2. The Morgan fingerprint density at radius 3 is 2.89 bits per heavy atom. The molecule has 0 unspecified atom stereocenters. The highest BCUT2D eigenvalue weighted by Gasteiger charge is 2.60. The number of nitrogens with one attached hydrogen (secondary N) is 3. The van der Waals surface area contributed by atoms with Crippen molar-refractivity contribution in [3.8, 4) is 0 Å². The van der Waals surface area contributed by atoms with Crippen LogP contribution in [0.25, 0.3) is 0 Å². The van der Waals surface area contributed by atoms with Gasteiger partial charge >= 0.3 is 0 Å². The fraction of sp³-hybridized carbons (Fsp3) is 0.455. The molecule has 2 aromatic rings. The number of benzene rings is 1. The third-order valence-electron chi connectivity index (χ3n) is 7.00. The number of hydrogen-bond donors (Lipinski definition) is 3. The molecular formula is C22H25N3O3. The van der Waals surface area contributed by atoms with E-state index in [9.17, 15) is 9.59 Å². The number of fused-ring (bicyclic) bond motifs is 3. The summed E-state index contributed by atoms with van der Waals surface area (Å²) in [5.41, 5.74) is 0.957. The zero-order valence-electron chi connectivity index (χ0n) is 16.0. The second-order valence-electron chi connectivity index (χ2n) is 8.75. The van der Waals surface area contributed by atoms with E-state index in [1.54, 1.807) is 6.26 Å². The summed E-state index contributed by atoms with van der Waals surface area (Å²) in [6.45, 7) is 2.60. The van der Waals surface area contributed by atoms with E-state index in [0.29, 0.717) is 12.1 Å². The lowest BCUT2D eigenvalue weighted by atomic mass is 9.51. The molecule has 1 aromatic carbocycles. The number of amides is 2. The smallest absolute Gasteiger partial charge is 0.255 e. The highest BCUT2D eigenvalue weighted by atomic mass is 16.3. The first-order valence-electron chi connectivity index (χ1n) is 9.99. The Morgan fingerprint density at radius 2 is 2.11 bits per heavy atom.